The second kappa shape index (κ2) is 18.1. The van der Waals surface area contributed by atoms with Crippen LogP contribution in [0.4, 0.5) is 11.4 Å². The third-order valence-electron chi connectivity index (χ3n) is 3.67. The lowest BCUT2D eigenvalue weighted by molar-refractivity contribution is 0.338. The number of allylic oxidation sites excluding steroid dienone is 3. The number of nitrogen functional groups attached to an aromatic ring is 1. The molecule has 0 radical (unpaired) electrons. The number of hydrogen-bond acceptors (Lipinski definition) is 6. The molecule has 3 rings (SSSR count). The zero-order chi connectivity index (χ0) is 24.3. The van der Waals surface area contributed by atoms with Crippen LogP contribution in [0.15, 0.2) is 108 Å². The Morgan fingerprint density at radius 2 is 1.85 bits per heavy atom. The lowest BCUT2D eigenvalue weighted by Crippen LogP contribution is -1.93. The fraction of sp³-hybridized carbons (Fsp3) is 0.0800. The number of thiol groups is 1. The minimum absolute atomic E-state index is 0.734. The van der Waals surface area contributed by atoms with Crippen LogP contribution in [0.1, 0.15) is 0 Å². The van der Waals surface area contributed by atoms with Gasteiger partial charge in [-0.15, -0.1) is 12.6 Å². The molecule has 1 heterocycles. The van der Waals surface area contributed by atoms with Crippen molar-refractivity contribution in [1.29, 1.82) is 0 Å². The standard InChI is InChI=1S/C14H14BrN3S.C6H5ClS.C5H8O/c15-6-1-9-19-18-14-10-12(2-3-13(14)16)11-4-7-17-8-5-11;7-5-1-3-6(8)4-2-5;1-3-4-5-6-2/h1-5,7-10,18H,6,16H2;1-4,8H;3-5H,1H2,2H3/b9-1+;;5-4+. The molecule has 2 aromatic carbocycles. The van der Waals surface area contributed by atoms with Gasteiger partial charge in [0.1, 0.15) is 0 Å². The number of anilines is 2. The summed E-state index contributed by atoms with van der Waals surface area (Å²) in [6, 6.07) is 17.2. The Hall–Kier alpha value is -2.32. The number of pyridine rings is 1. The van der Waals surface area contributed by atoms with E-state index in [4.69, 9.17) is 17.3 Å². The van der Waals surface area contributed by atoms with Crippen LogP contribution in [0.2, 0.25) is 5.02 Å². The highest BCUT2D eigenvalue weighted by atomic mass is 79.9. The molecule has 0 saturated carbocycles. The molecule has 4 nitrogen and oxygen atoms in total. The Balaban J connectivity index is 0.000000319. The summed E-state index contributed by atoms with van der Waals surface area (Å²) in [6.07, 6.45) is 10.5. The number of benzene rings is 2. The van der Waals surface area contributed by atoms with E-state index in [9.17, 15) is 0 Å². The molecule has 0 spiro atoms. The molecular formula is C25H27BrClN3OS2. The van der Waals surface area contributed by atoms with Crippen molar-refractivity contribution in [3.05, 3.63) is 108 Å². The minimum Gasteiger partial charge on any atom is -0.504 e. The van der Waals surface area contributed by atoms with Gasteiger partial charge in [0.15, 0.2) is 0 Å². The maximum absolute atomic E-state index is 5.96. The third kappa shape index (κ3) is 13.1. The average Bonchev–Trinajstić information content (AvgIpc) is 2.85. The SMILES string of the molecule is C=C/C=C/OC.Nc1ccc(-c2ccncc2)cc1NS/C=C/CBr.Sc1ccc(Cl)cc1. The molecule has 174 valence electrons. The Kier molecular flexibility index (Phi) is 15.8. The van der Waals surface area contributed by atoms with Crippen molar-refractivity contribution in [2.75, 3.05) is 22.9 Å². The highest BCUT2D eigenvalue weighted by Gasteiger charge is 2.02. The monoisotopic (exact) mass is 563 g/mol. The highest BCUT2D eigenvalue weighted by molar-refractivity contribution is 9.09. The largest absolute Gasteiger partial charge is 0.504 e. The number of rotatable bonds is 7. The maximum atomic E-state index is 5.96. The molecule has 1 aromatic heterocycles. The smallest absolute Gasteiger partial charge is 0.0824 e. The number of nitrogens with zero attached hydrogens (tertiary/aromatic N) is 1. The number of halogens is 2. The third-order valence-corrected chi connectivity index (χ3v) is 5.26. The van der Waals surface area contributed by atoms with Gasteiger partial charge in [0.05, 0.1) is 24.7 Å². The van der Waals surface area contributed by atoms with Gasteiger partial charge in [0.25, 0.3) is 0 Å². The van der Waals surface area contributed by atoms with E-state index >= 15 is 0 Å². The average molecular weight is 565 g/mol. The first-order chi connectivity index (χ1) is 16.0. The van der Waals surface area contributed by atoms with Crippen LogP contribution in [0.5, 0.6) is 0 Å². The normalized spacial score (nSPS) is 10.1. The number of methoxy groups -OCH3 is 1. The zero-order valence-electron chi connectivity index (χ0n) is 18.2. The van der Waals surface area contributed by atoms with Crippen molar-refractivity contribution in [2.24, 2.45) is 0 Å². The quantitative estimate of drug-likeness (QED) is 0.0673. The van der Waals surface area contributed by atoms with Crippen LogP contribution in [0.25, 0.3) is 11.1 Å². The van der Waals surface area contributed by atoms with Crippen LogP contribution in [0, 0.1) is 0 Å². The fourth-order valence-corrected chi connectivity index (χ4v) is 3.40. The zero-order valence-corrected chi connectivity index (χ0v) is 22.2. The van der Waals surface area contributed by atoms with E-state index in [2.05, 4.69) is 49.6 Å². The Morgan fingerprint density at radius 3 is 2.39 bits per heavy atom. The van der Waals surface area contributed by atoms with Crippen molar-refractivity contribution in [1.82, 2.24) is 4.98 Å². The van der Waals surface area contributed by atoms with E-state index in [-0.39, 0.29) is 0 Å². The van der Waals surface area contributed by atoms with E-state index in [1.807, 2.05) is 66.1 Å². The second-order valence-electron chi connectivity index (χ2n) is 6.06. The first kappa shape index (κ1) is 28.7. The molecule has 0 saturated heterocycles. The topological polar surface area (TPSA) is 60.2 Å². The fourth-order valence-electron chi connectivity index (χ4n) is 2.13. The Bertz CT molecular complexity index is 979. The van der Waals surface area contributed by atoms with Crippen LogP contribution in [0.3, 0.4) is 0 Å². The van der Waals surface area contributed by atoms with Crippen molar-refractivity contribution in [3.8, 4) is 11.1 Å². The molecule has 0 aliphatic rings. The van der Waals surface area contributed by atoms with E-state index in [1.165, 1.54) is 11.9 Å². The molecule has 0 unspecified atom stereocenters. The molecule has 3 aromatic rings. The van der Waals surface area contributed by atoms with E-state index < -0.39 is 0 Å². The van der Waals surface area contributed by atoms with Crippen LogP contribution in [-0.2, 0) is 4.74 Å². The highest BCUT2D eigenvalue weighted by Crippen LogP contribution is 2.28. The summed E-state index contributed by atoms with van der Waals surface area (Å²) in [7, 11) is 1.60. The maximum Gasteiger partial charge on any atom is 0.0824 e. The number of ether oxygens (including phenoxy) is 1. The van der Waals surface area contributed by atoms with Crippen LogP contribution >= 0.6 is 52.1 Å². The molecule has 3 N–H and O–H groups in total. The molecule has 0 aliphatic carbocycles. The van der Waals surface area contributed by atoms with Gasteiger partial charge in [0, 0.05) is 27.6 Å². The molecular weight excluding hydrogens is 538 g/mol. The summed E-state index contributed by atoms with van der Waals surface area (Å²) in [5, 5.41) is 3.57. The van der Waals surface area contributed by atoms with Gasteiger partial charge in [-0.05, 0) is 83.1 Å². The predicted octanol–water partition coefficient (Wildman–Crippen LogP) is 8.26. The lowest BCUT2D eigenvalue weighted by atomic mass is 10.1. The minimum atomic E-state index is 0.734. The van der Waals surface area contributed by atoms with E-state index in [0.29, 0.717) is 0 Å². The van der Waals surface area contributed by atoms with Crippen molar-refractivity contribution in [3.63, 3.8) is 0 Å². The molecule has 0 bridgehead atoms. The molecule has 0 atom stereocenters. The first-order valence-corrected chi connectivity index (χ1v) is 12.5. The molecule has 0 amide bonds. The number of alkyl halides is 1. The van der Waals surface area contributed by atoms with Gasteiger partial charge < -0.3 is 15.2 Å². The van der Waals surface area contributed by atoms with E-state index in [1.54, 1.807) is 37.9 Å². The van der Waals surface area contributed by atoms with Crippen molar-refractivity contribution in [2.45, 2.75) is 4.90 Å². The number of aromatic nitrogens is 1. The van der Waals surface area contributed by atoms with Gasteiger partial charge in [-0.3, -0.25) is 4.98 Å². The summed E-state index contributed by atoms with van der Waals surface area (Å²) in [5.41, 5.74) is 9.85. The number of nitrogens with one attached hydrogen (secondary N) is 1. The second-order valence-corrected chi connectivity index (χ2v) is 8.37. The van der Waals surface area contributed by atoms with Gasteiger partial charge in [-0.25, -0.2) is 0 Å². The molecule has 8 heteroatoms. The van der Waals surface area contributed by atoms with Gasteiger partial charge >= 0.3 is 0 Å². The summed E-state index contributed by atoms with van der Waals surface area (Å²) in [6.45, 7) is 3.43. The summed E-state index contributed by atoms with van der Waals surface area (Å²) in [4.78, 5) is 4.96. The summed E-state index contributed by atoms with van der Waals surface area (Å²) in [5.74, 6) is 0. The van der Waals surface area contributed by atoms with Gasteiger partial charge in [-0.1, -0.05) is 52.3 Å². The molecule has 0 aliphatic heterocycles. The van der Waals surface area contributed by atoms with Crippen LogP contribution < -0.4 is 10.5 Å². The Morgan fingerprint density at radius 1 is 1.15 bits per heavy atom. The summed E-state index contributed by atoms with van der Waals surface area (Å²) < 4.78 is 7.76. The van der Waals surface area contributed by atoms with Gasteiger partial charge in [0.2, 0.25) is 0 Å². The number of nitrogens with two attached hydrogens (primary N) is 1. The Labute approximate surface area is 219 Å². The number of hydrogen-bond donors (Lipinski definition) is 3. The van der Waals surface area contributed by atoms with E-state index in [0.717, 1.165) is 37.7 Å². The van der Waals surface area contributed by atoms with Crippen molar-refractivity contribution < 1.29 is 4.74 Å². The molecule has 0 fully saturated rings. The van der Waals surface area contributed by atoms with Gasteiger partial charge in [-0.2, -0.15) is 0 Å². The predicted molar refractivity (Wildman–Crippen MR) is 153 cm³/mol. The van der Waals surface area contributed by atoms with Crippen molar-refractivity contribution >= 4 is 63.5 Å². The first-order valence-electron chi connectivity index (χ1n) is 9.69. The summed E-state index contributed by atoms with van der Waals surface area (Å²) >= 11 is 14.5. The lowest BCUT2D eigenvalue weighted by Gasteiger charge is -2.09. The molecule has 33 heavy (non-hydrogen) atoms. The van der Waals surface area contributed by atoms with Crippen LogP contribution in [-0.4, -0.2) is 17.4 Å².